The molecule has 0 saturated carbocycles. The summed E-state index contributed by atoms with van der Waals surface area (Å²) in [6.45, 7) is 8.48. The van der Waals surface area contributed by atoms with Crippen LogP contribution < -0.4 is 4.74 Å². The van der Waals surface area contributed by atoms with Gasteiger partial charge in [0.15, 0.2) is 0 Å². The molecule has 0 bridgehead atoms. The van der Waals surface area contributed by atoms with E-state index in [1.54, 1.807) is 0 Å². The largest absolute Gasteiger partial charge is 0.493 e. The fraction of sp³-hybridized carbons (Fsp3) is 0.588. The highest BCUT2D eigenvalue weighted by Crippen LogP contribution is 2.29. The summed E-state index contributed by atoms with van der Waals surface area (Å²) in [5.41, 5.74) is 1.66. The predicted octanol–water partition coefficient (Wildman–Crippen LogP) is 4.35. The summed E-state index contributed by atoms with van der Waals surface area (Å²) in [6.07, 6.45) is 3.02. The van der Waals surface area contributed by atoms with Gasteiger partial charge in [0.1, 0.15) is 5.75 Å². The summed E-state index contributed by atoms with van der Waals surface area (Å²) in [4.78, 5) is 11.3. The Bertz CT molecular complexity index is 454. The zero-order valence-corrected chi connectivity index (χ0v) is 13.0. The Hall–Kier alpha value is -1.51. The summed E-state index contributed by atoms with van der Waals surface area (Å²) in [7, 11) is 0. The average Bonchev–Trinajstić information content (AvgIpc) is 2.38. The van der Waals surface area contributed by atoms with Gasteiger partial charge in [-0.05, 0) is 57.2 Å². The van der Waals surface area contributed by atoms with E-state index in [1.807, 2.05) is 39.8 Å². The van der Waals surface area contributed by atoms with E-state index in [2.05, 4.69) is 6.07 Å². The normalized spacial score (nSPS) is 13.8. The van der Waals surface area contributed by atoms with E-state index < -0.39 is 11.4 Å². The zero-order chi connectivity index (χ0) is 15.2. The molecule has 112 valence electrons. The molecule has 0 aliphatic rings. The van der Waals surface area contributed by atoms with Gasteiger partial charge < -0.3 is 9.84 Å². The van der Waals surface area contributed by atoms with Crippen molar-refractivity contribution in [1.82, 2.24) is 0 Å². The van der Waals surface area contributed by atoms with Crippen LogP contribution in [0.1, 0.15) is 50.7 Å². The van der Waals surface area contributed by atoms with Crippen LogP contribution >= 0.6 is 0 Å². The van der Waals surface area contributed by atoms with Crippen LogP contribution in [0.5, 0.6) is 5.75 Å². The van der Waals surface area contributed by atoms with Gasteiger partial charge in [0.05, 0.1) is 12.0 Å². The molecule has 0 aliphatic heterocycles. The molecule has 0 radical (unpaired) electrons. The van der Waals surface area contributed by atoms with E-state index in [-0.39, 0.29) is 0 Å². The van der Waals surface area contributed by atoms with Crippen LogP contribution in [0.3, 0.4) is 0 Å². The lowest BCUT2D eigenvalue weighted by Gasteiger charge is -2.24. The minimum Gasteiger partial charge on any atom is -0.493 e. The van der Waals surface area contributed by atoms with E-state index in [4.69, 9.17) is 4.74 Å². The third-order valence-electron chi connectivity index (χ3n) is 3.79. The van der Waals surface area contributed by atoms with Crippen molar-refractivity contribution in [2.24, 2.45) is 5.41 Å². The van der Waals surface area contributed by atoms with Crippen molar-refractivity contribution < 1.29 is 14.6 Å². The molecule has 0 heterocycles. The van der Waals surface area contributed by atoms with Crippen molar-refractivity contribution in [2.75, 3.05) is 6.61 Å². The standard InChI is InChI=1S/C17H26O3/c1-5-9-17(4,16(18)19)10-6-11-20-15-12-13(2)7-8-14(15)3/h7-8,12H,5-6,9-11H2,1-4H3,(H,18,19). The van der Waals surface area contributed by atoms with Crippen LogP contribution in [0.4, 0.5) is 0 Å². The zero-order valence-electron chi connectivity index (χ0n) is 13.0. The van der Waals surface area contributed by atoms with Crippen molar-refractivity contribution >= 4 is 5.97 Å². The molecule has 1 aromatic carbocycles. The maximum atomic E-state index is 11.3. The molecule has 0 fully saturated rings. The Labute approximate surface area is 122 Å². The fourth-order valence-electron chi connectivity index (χ4n) is 2.40. The number of carboxylic acid groups (broad SMARTS) is 1. The fourth-order valence-corrected chi connectivity index (χ4v) is 2.40. The molecule has 1 atom stereocenters. The summed E-state index contributed by atoms with van der Waals surface area (Å²) in [6, 6.07) is 6.13. The van der Waals surface area contributed by atoms with Gasteiger partial charge in [-0.1, -0.05) is 25.5 Å². The summed E-state index contributed by atoms with van der Waals surface area (Å²) >= 11 is 0. The van der Waals surface area contributed by atoms with Gasteiger partial charge in [0.25, 0.3) is 0 Å². The first-order chi connectivity index (χ1) is 9.39. The first-order valence-electron chi connectivity index (χ1n) is 7.32. The second-order valence-corrected chi connectivity index (χ2v) is 5.84. The minimum absolute atomic E-state index is 0.566. The molecular formula is C17H26O3. The van der Waals surface area contributed by atoms with Crippen LogP contribution in [0.25, 0.3) is 0 Å². The van der Waals surface area contributed by atoms with E-state index in [0.717, 1.165) is 24.2 Å². The molecule has 1 N–H and O–H groups in total. The van der Waals surface area contributed by atoms with Gasteiger partial charge in [-0.2, -0.15) is 0 Å². The van der Waals surface area contributed by atoms with Crippen molar-refractivity contribution in [3.8, 4) is 5.75 Å². The first-order valence-corrected chi connectivity index (χ1v) is 7.32. The predicted molar refractivity (Wildman–Crippen MR) is 81.3 cm³/mol. The molecule has 1 unspecified atom stereocenters. The number of carboxylic acids is 1. The number of aliphatic carboxylic acids is 1. The Morgan fingerprint density at radius 1 is 1.30 bits per heavy atom. The van der Waals surface area contributed by atoms with Crippen LogP contribution in [-0.4, -0.2) is 17.7 Å². The van der Waals surface area contributed by atoms with Crippen LogP contribution in [-0.2, 0) is 4.79 Å². The molecule has 0 spiro atoms. The van der Waals surface area contributed by atoms with Gasteiger partial charge >= 0.3 is 5.97 Å². The van der Waals surface area contributed by atoms with E-state index in [9.17, 15) is 9.90 Å². The van der Waals surface area contributed by atoms with E-state index >= 15 is 0 Å². The van der Waals surface area contributed by atoms with Crippen molar-refractivity contribution in [1.29, 1.82) is 0 Å². The third kappa shape index (κ3) is 4.55. The monoisotopic (exact) mass is 278 g/mol. The number of rotatable bonds is 8. The number of aryl methyl sites for hydroxylation is 2. The topological polar surface area (TPSA) is 46.5 Å². The van der Waals surface area contributed by atoms with Crippen LogP contribution in [0.2, 0.25) is 0 Å². The first kappa shape index (κ1) is 16.5. The van der Waals surface area contributed by atoms with Crippen molar-refractivity contribution in [3.05, 3.63) is 29.3 Å². The van der Waals surface area contributed by atoms with E-state index in [1.165, 1.54) is 5.56 Å². The number of benzene rings is 1. The third-order valence-corrected chi connectivity index (χ3v) is 3.79. The highest BCUT2D eigenvalue weighted by molar-refractivity contribution is 5.74. The molecule has 1 aromatic rings. The van der Waals surface area contributed by atoms with Crippen molar-refractivity contribution in [3.63, 3.8) is 0 Å². The maximum Gasteiger partial charge on any atom is 0.309 e. The lowest BCUT2D eigenvalue weighted by Crippen LogP contribution is -2.27. The minimum atomic E-state index is -0.703. The maximum absolute atomic E-state index is 11.3. The Morgan fingerprint density at radius 2 is 2.00 bits per heavy atom. The SMILES string of the molecule is CCCC(C)(CCCOc1cc(C)ccc1C)C(=O)O. The van der Waals surface area contributed by atoms with Gasteiger partial charge in [0.2, 0.25) is 0 Å². The smallest absolute Gasteiger partial charge is 0.309 e. The lowest BCUT2D eigenvalue weighted by molar-refractivity contribution is -0.149. The second kappa shape index (κ2) is 7.32. The number of ether oxygens (including phenoxy) is 1. The molecule has 0 saturated heterocycles. The molecule has 3 heteroatoms. The molecule has 0 aromatic heterocycles. The number of carbonyl (C=O) groups is 1. The Balaban J connectivity index is 2.48. The Kier molecular flexibility index (Phi) is 6.05. The summed E-state index contributed by atoms with van der Waals surface area (Å²) < 4.78 is 5.78. The number of hydrogen-bond donors (Lipinski definition) is 1. The van der Waals surface area contributed by atoms with Gasteiger partial charge in [-0.3, -0.25) is 4.79 Å². The molecular weight excluding hydrogens is 252 g/mol. The lowest BCUT2D eigenvalue weighted by atomic mass is 9.81. The van der Waals surface area contributed by atoms with Gasteiger partial charge in [-0.15, -0.1) is 0 Å². The van der Waals surface area contributed by atoms with Crippen LogP contribution in [0.15, 0.2) is 18.2 Å². The van der Waals surface area contributed by atoms with Crippen LogP contribution in [0, 0.1) is 19.3 Å². The average molecular weight is 278 g/mol. The summed E-state index contributed by atoms with van der Waals surface area (Å²) in [5.74, 6) is 0.198. The summed E-state index contributed by atoms with van der Waals surface area (Å²) in [5, 5.41) is 9.32. The van der Waals surface area contributed by atoms with Gasteiger partial charge in [0, 0.05) is 0 Å². The highest BCUT2D eigenvalue weighted by atomic mass is 16.5. The molecule has 1 rings (SSSR count). The molecule has 0 amide bonds. The molecule has 3 nitrogen and oxygen atoms in total. The second-order valence-electron chi connectivity index (χ2n) is 5.84. The number of hydrogen-bond acceptors (Lipinski definition) is 2. The quantitative estimate of drug-likeness (QED) is 0.719. The Morgan fingerprint density at radius 3 is 2.60 bits per heavy atom. The highest BCUT2D eigenvalue weighted by Gasteiger charge is 2.31. The molecule has 0 aliphatic carbocycles. The van der Waals surface area contributed by atoms with Gasteiger partial charge in [-0.25, -0.2) is 0 Å². The molecule has 20 heavy (non-hydrogen) atoms. The van der Waals surface area contributed by atoms with Crippen molar-refractivity contribution in [2.45, 2.75) is 53.4 Å². The van der Waals surface area contributed by atoms with E-state index in [0.29, 0.717) is 19.4 Å².